The molecule has 0 saturated carbocycles. The Bertz CT molecular complexity index is 787. The zero-order valence-corrected chi connectivity index (χ0v) is 16.8. The Balaban J connectivity index is 2.03. The van der Waals surface area contributed by atoms with Gasteiger partial charge in [0.1, 0.15) is 17.5 Å². The van der Waals surface area contributed by atoms with E-state index in [0.717, 1.165) is 11.3 Å². The minimum absolute atomic E-state index is 0.0703. The van der Waals surface area contributed by atoms with E-state index in [2.05, 4.69) is 10.6 Å². The highest BCUT2D eigenvalue weighted by molar-refractivity contribution is 5.99. The number of benzene rings is 2. The van der Waals surface area contributed by atoms with Crippen LogP contribution in [0.5, 0.6) is 11.5 Å². The normalized spacial score (nSPS) is 11.6. The minimum atomic E-state index is -0.652. The molecular weight excluding hydrogens is 356 g/mol. The molecule has 28 heavy (non-hydrogen) atoms. The molecule has 2 aromatic rings. The smallest absolute Gasteiger partial charge is 0.255 e. The van der Waals surface area contributed by atoms with Crippen molar-refractivity contribution < 1.29 is 19.1 Å². The molecule has 0 bridgehead atoms. The topological polar surface area (TPSA) is 76.7 Å². The molecule has 0 aliphatic carbocycles. The van der Waals surface area contributed by atoms with Crippen LogP contribution in [0.15, 0.2) is 48.5 Å². The van der Waals surface area contributed by atoms with E-state index in [-0.39, 0.29) is 17.7 Å². The molecule has 2 amide bonds. The van der Waals surface area contributed by atoms with Gasteiger partial charge in [-0.1, -0.05) is 38.1 Å². The highest BCUT2D eigenvalue weighted by Gasteiger charge is 2.25. The molecule has 6 nitrogen and oxygen atoms in total. The van der Waals surface area contributed by atoms with Gasteiger partial charge in [-0.05, 0) is 42.7 Å². The van der Waals surface area contributed by atoms with E-state index < -0.39 is 6.04 Å². The van der Waals surface area contributed by atoms with Crippen LogP contribution in [0.2, 0.25) is 0 Å². The summed E-state index contributed by atoms with van der Waals surface area (Å²) in [4.78, 5) is 25.4. The van der Waals surface area contributed by atoms with E-state index in [4.69, 9.17) is 9.47 Å². The molecule has 0 saturated heterocycles. The van der Waals surface area contributed by atoms with Gasteiger partial charge in [0.2, 0.25) is 5.91 Å². The summed E-state index contributed by atoms with van der Waals surface area (Å²) < 4.78 is 10.6. The van der Waals surface area contributed by atoms with Gasteiger partial charge in [-0.3, -0.25) is 9.59 Å². The molecule has 2 rings (SSSR count). The minimum Gasteiger partial charge on any atom is -0.497 e. The largest absolute Gasteiger partial charge is 0.497 e. The van der Waals surface area contributed by atoms with E-state index in [1.54, 1.807) is 25.3 Å². The SMILES string of the molecule is CCOc1ccccc1C(=O)N[C@H](C(=O)NCc1ccc(OC)cc1)C(C)C. The van der Waals surface area contributed by atoms with Crippen molar-refractivity contribution >= 4 is 11.8 Å². The third kappa shape index (κ3) is 5.74. The standard InChI is InChI=1S/C22H28N2O4/c1-5-28-19-9-7-6-8-18(19)21(25)24-20(15(2)3)22(26)23-14-16-10-12-17(27-4)13-11-16/h6-13,15,20H,5,14H2,1-4H3,(H,23,26)(H,24,25)/t20-/m0/s1. The average molecular weight is 384 g/mol. The first-order chi connectivity index (χ1) is 13.5. The Kier molecular flexibility index (Phi) is 7.87. The first kappa shape index (κ1) is 21.3. The Hall–Kier alpha value is -3.02. The maximum atomic E-state index is 12.7. The van der Waals surface area contributed by atoms with E-state index >= 15 is 0 Å². The van der Waals surface area contributed by atoms with Crippen LogP contribution in [-0.4, -0.2) is 31.6 Å². The lowest BCUT2D eigenvalue weighted by molar-refractivity contribution is -0.124. The molecule has 0 aromatic heterocycles. The highest BCUT2D eigenvalue weighted by Crippen LogP contribution is 2.18. The summed E-state index contributed by atoms with van der Waals surface area (Å²) >= 11 is 0. The van der Waals surface area contributed by atoms with Gasteiger partial charge in [0.25, 0.3) is 5.91 Å². The fraction of sp³-hybridized carbons (Fsp3) is 0.364. The van der Waals surface area contributed by atoms with Gasteiger partial charge in [-0.15, -0.1) is 0 Å². The maximum absolute atomic E-state index is 12.7. The Morgan fingerprint density at radius 3 is 2.32 bits per heavy atom. The molecule has 2 N–H and O–H groups in total. The second-order valence-corrected chi connectivity index (χ2v) is 6.69. The number of nitrogens with one attached hydrogen (secondary N) is 2. The fourth-order valence-electron chi connectivity index (χ4n) is 2.73. The van der Waals surface area contributed by atoms with Crippen LogP contribution in [0, 0.1) is 5.92 Å². The molecule has 0 fully saturated rings. The Morgan fingerprint density at radius 2 is 1.71 bits per heavy atom. The summed E-state index contributed by atoms with van der Waals surface area (Å²) in [6, 6.07) is 13.8. The zero-order valence-electron chi connectivity index (χ0n) is 16.8. The molecule has 2 aromatic carbocycles. The lowest BCUT2D eigenvalue weighted by atomic mass is 10.0. The molecular formula is C22H28N2O4. The second kappa shape index (κ2) is 10.3. The van der Waals surface area contributed by atoms with Crippen molar-refractivity contribution in [2.75, 3.05) is 13.7 Å². The van der Waals surface area contributed by atoms with Gasteiger partial charge in [0.05, 0.1) is 19.3 Å². The summed E-state index contributed by atoms with van der Waals surface area (Å²) in [6.07, 6.45) is 0. The van der Waals surface area contributed by atoms with Gasteiger partial charge in [-0.2, -0.15) is 0 Å². The summed E-state index contributed by atoms with van der Waals surface area (Å²) in [5.41, 5.74) is 1.36. The van der Waals surface area contributed by atoms with Crippen molar-refractivity contribution in [3.8, 4) is 11.5 Å². The van der Waals surface area contributed by atoms with Crippen molar-refractivity contribution in [1.29, 1.82) is 0 Å². The summed E-state index contributed by atoms with van der Waals surface area (Å²) in [6.45, 7) is 6.48. The van der Waals surface area contributed by atoms with Crippen LogP contribution >= 0.6 is 0 Å². The molecule has 0 radical (unpaired) electrons. The van der Waals surface area contributed by atoms with Gasteiger partial charge in [-0.25, -0.2) is 0 Å². The third-order valence-corrected chi connectivity index (χ3v) is 4.29. The summed E-state index contributed by atoms with van der Waals surface area (Å²) in [7, 11) is 1.61. The van der Waals surface area contributed by atoms with Crippen LogP contribution in [0.4, 0.5) is 0 Å². The molecule has 1 atom stereocenters. The van der Waals surface area contributed by atoms with Crippen LogP contribution in [0.1, 0.15) is 36.7 Å². The van der Waals surface area contributed by atoms with E-state index in [0.29, 0.717) is 24.5 Å². The van der Waals surface area contributed by atoms with Gasteiger partial charge < -0.3 is 20.1 Å². The number of hydrogen-bond donors (Lipinski definition) is 2. The first-order valence-corrected chi connectivity index (χ1v) is 9.39. The third-order valence-electron chi connectivity index (χ3n) is 4.29. The molecule has 6 heteroatoms. The molecule has 0 aliphatic heterocycles. The van der Waals surface area contributed by atoms with Crippen molar-refractivity contribution in [1.82, 2.24) is 10.6 Å². The predicted molar refractivity (Wildman–Crippen MR) is 109 cm³/mol. The van der Waals surface area contributed by atoms with E-state index in [1.807, 2.05) is 51.1 Å². The molecule has 0 heterocycles. The zero-order chi connectivity index (χ0) is 20.5. The number of amides is 2. The number of ether oxygens (including phenoxy) is 2. The van der Waals surface area contributed by atoms with E-state index in [1.165, 1.54) is 0 Å². The monoisotopic (exact) mass is 384 g/mol. The lowest BCUT2D eigenvalue weighted by Gasteiger charge is -2.22. The van der Waals surface area contributed by atoms with Crippen molar-refractivity contribution in [3.63, 3.8) is 0 Å². The van der Waals surface area contributed by atoms with Crippen molar-refractivity contribution in [2.24, 2.45) is 5.92 Å². The second-order valence-electron chi connectivity index (χ2n) is 6.69. The number of para-hydroxylation sites is 1. The Morgan fingerprint density at radius 1 is 1.04 bits per heavy atom. The lowest BCUT2D eigenvalue weighted by Crippen LogP contribution is -2.49. The number of hydrogen-bond acceptors (Lipinski definition) is 4. The number of methoxy groups -OCH3 is 1. The van der Waals surface area contributed by atoms with Gasteiger partial charge in [0, 0.05) is 6.54 Å². The average Bonchev–Trinajstić information content (AvgIpc) is 2.70. The highest BCUT2D eigenvalue weighted by atomic mass is 16.5. The molecule has 0 unspecified atom stereocenters. The summed E-state index contributed by atoms with van der Waals surface area (Å²) in [5, 5.41) is 5.72. The maximum Gasteiger partial charge on any atom is 0.255 e. The molecule has 150 valence electrons. The van der Waals surface area contributed by atoms with Crippen LogP contribution in [0.3, 0.4) is 0 Å². The quantitative estimate of drug-likeness (QED) is 0.696. The van der Waals surface area contributed by atoms with Crippen LogP contribution in [-0.2, 0) is 11.3 Å². The van der Waals surface area contributed by atoms with Crippen molar-refractivity contribution in [3.05, 3.63) is 59.7 Å². The van der Waals surface area contributed by atoms with Crippen LogP contribution in [0.25, 0.3) is 0 Å². The van der Waals surface area contributed by atoms with Crippen molar-refractivity contribution in [2.45, 2.75) is 33.4 Å². The molecule has 0 aliphatic rings. The Labute approximate surface area is 166 Å². The number of carbonyl (C=O) groups excluding carboxylic acids is 2. The first-order valence-electron chi connectivity index (χ1n) is 9.39. The van der Waals surface area contributed by atoms with Gasteiger partial charge in [0.15, 0.2) is 0 Å². The number of carbonyl (C=O) groups is 2. The number of rotatable bonds is 9. The molecule has 0 spiro atoms. The fourth-order valence-corrected chi connectivity index (χ4v) is 2.73. The van der Waals surface area contributed by atoms with E-state index in [9.17, 15) is 9.59 Å². The predicted octanol–water partition coefficient (Wildman–Crippen LogP) is 3.16. The van der Waals surface area contributed by atoms with Gasteiger partial charge >= 0.3 is 0 Å². The van der Waals surface area contributed by atoms with Crippen LogP contribution < -0.4 is 20.1 Å². The summed E-state index contributed by atoms with van der Waals surface area (Å²) in [5.74, 6) is 0.633.